The molecule has 0 aliphatic rings. The Morgan fingerprint density at radius 2 is 1.70 bits per heavy atom. The number of hydrogen-bond acceptors (Lipinski definition) is 3. The maximum atomic E-state index is 13.2. The Balaban J connectivity index is 2.31. The van der Waals surface area contributed by atoms with Gasteiger partial charge in [-0.3, -0.25) is 0 Å². The number of benzene rings is 1. The lowest BCUT2D eigenvalue weighted by Crippen LogP contribution is -2.09. The highest BCUT2D eigenvalue weighted by molar-refractivity contribution is 5.62. The number of nitrogens with one attached hydrogen (secondary N) is 1. The number of aromatic nitrogens is 2. The summed E-state index contributed by atoms with van der Waals surface area (Å²) in [4.78, 5) is 7.96. The molecule has 1 N–H and O–H groups in total. The van der Waals surface area contributed by atoms with Crippen molar-refractivity contribution in [2.24, 2.45) is 5.92 Å². The summed E-state index contributed by atoms with van der Waals surface area (Å²) < 4.78 is 39.3. The highest BCUT2D eigenvalue weighted by atomic mass is 19.2. The largest absolute Gasteiger partial charge is 0.370 e. The minimum absolute atomic E-state index is 0.163. The highest BCUT2D eigenvalue weighted by Gasteiger charge is 2.12. The van der Waals surface area contributed by atoms with Gasteiger partial charge >= 0.3 is 0 Å². The van der Waals surface area contributed by atoms with E-state index in [1.807, 2.05) is 13.8 Å². The van der Waals surface area contributed by atoms with Gasteiger partial charge in [-0.25, -0.2) is 23.1 Å². The molecule has 0 spiro atoms. The Bertz CT molecular complexity index is 591. The average molecular weight is 281 g/mol. The molecule has 1 aromatic heterocycles. The van der Waals surface area contributed by atoms with Crippen LogP contribution in [0.3, 0.4) is 0 Å². The first-order chi connectivity index (χ1) is 9.47. The van der Waals surface area contributed by atoms with E-state index < -0.39 is 17.5 Å². The Hall–Kier alpha value is -2.11. The molecule has 20 heavy (non-hydrogen) atoms. The van der Waals surface area contributed by atoms with Crippen LogP contribution in [0.15, 0.2) is 24.5 Å². The van der Waals surface area contributed by atoms with E-state index in [-0.39, 0.29) is 5.56 Å². The second kappa shape index (κ2) is 5.90. The number of nitrogens with zero attached hydrogens (tertiary/aromatic N) is 2. The third kappa shape index (κ3) is 3.26. The van der Waals surface area contributed by atoms with Crippen molar-refractivity contribution in [3.63, 3.8) is 0 Å². The molecule has 0 radical (unpaired) electrons. The van der Waals surface area contributed by atoms with Crippen LogP contribution in [0.25, 0.3) is 11.3 Å². The maximum absolute atomic E-state index is 13.2. The second-order valence-corrected chi connectivity index (χ2v) is 4.82. The van der Waals surface area contributed by atoms with Crippen molar-refractivity contribution in [2.45, 2.75) is 13.8 Å². The van der Waals surface area contributed by atoms with Gasteiger partial charge in [0.2, 0.25) is 0 Å². The molecule has 1 heterocycles. The fraction of sp³-hybridized carbons (Fsp3) is 0.286. The molecule has 0 saturated carbocycles. The fourth-order valence-corrected chi connectivity index (χ4v) is 1.62. The highest BCUT2D eigenvalue weighted by Crippen LogP contribution is 2.23. The van der Waals surface area contributed by atoms with E-state index in [2.05, 4.69) is 15.3 Å². The summed E-state index contributed by atoms with van der Waals surface area (Å²) in [5.41, 5.74) is 0.487. The maximum Gasteiger partial charge on any atom is 0.194 e. The van der Waals surface area contributed by atoms with Crippen molar-refractivity contribution in [3.8, 4) is 11.3 Å². The van der Waals surface area contributed by atoms with Crippen molar-refractivity contribution < 1.29 is 13.2 Å². The van der Waals surface area contributed by atoms with Gasteiger partial charge in [0.05, 0.1) is 5.69 Å². The summed E-state index contributed by atoms with van der Waals surface area (Å²) in [6.45, 7) is 4.79. The second-order valence-electron chi connectivity index (χ2n) is 4.82. The van der Waals surface area contributed by atoms with Crippen LogP contribution < -0.4 is 5.32 Å². The zero-order valence-corrected chi connectivity index (χ0v) is 11.1. The minimum atomic E-state index is -1.49. The van der Waals surface area contributed by atoms with E-state index in [4.69, 9.17) is 0 Å². The molecule has 0 atom stereocenters. The normalized spacial score (nSPS) is 10.9. The lowest BCUT2D eigenvalue weighted by molar-refractivity contribution is 0.447. The molecule has 106 valence electrons. The minimum Gasteiger partial charge on any atom is -0.370 e. The molecule has 2 aromatic rings. The Labute approximate surface area is 114 Å². The predicted molar refractivity (Wildman–Crippen MR) is 70.7 cm³/mol. The van der Waals surface area contributed by atoms with Crippen LogP contribution in [0.2, 0.25) is 0 Å². The predicted octanol–water partition coefficient (Wildman–Crippen LogP) is 3.63. The summed E-state index contributed by atoms with van der Waals surface area (Å²) in [5.74, 6) is -2.99. The molecule has 0 fully saturated rings. The zero-order valence-electron chi connectivity index (χ0n) is 11.1. The summed E-state index contributed by atoms with van der Waals surface area (Å²) in [7, 11) is 0. The van der Waals surface area contributed by atoms with Crippen LogP contribution in [0.4, 0.5) is 19.0 Å². The molecular weight excluding hydrogens is 267 g/mol. The summed E-state index contributed by atoms with van der Waals surface area (Å²) in [6, 6.07) is 3.38. The number of hydrogen-bond donors (Lipinski definition) is 1. The average Bonchev–Trinajstić information content (AvgIpc) is 2.42. The first-order valence-corrected chi connectivity index (χ1v) is 6.18. The Morgan fingerprint density at radius 3 is 2.30 bits per heavy atom. The van der Waals surface area contributed by atoms with Crippen LogP contribution in [0.1, 0.15) is 13.8 Å². The number of halogens is 3. The van der Waals surface area contributed by atoms with Crippen LogP contribution in [-0.4, -0.2) is 16.5 Å². The van der Waals surface area contributed by atoms with Gasteiger partial charge in [-0.2, -0.15) is 0 Å². The van der Waals surface area contributed by atoms with E-state index in [1.165, 1.54) is 6.33 Å². The monoisotopic (exact) mass is 281 g/mol. The quantitative estimate of drug-likeness (QED) is 0.870. The molecule has 1 aromatic carbocycles. The van der Waals surface area contributed by atoms with Gasteiger partial charge in [-0.1, -0.05) is 13.8 Å². The van der Waals surface area contributed by atoms with Gasteiger partial charge in [0.25, 0.3) is 0 Å². The van der Waals surface area contributed by atoms with E-state index >= 15 is 0 Å². The van der Waals surface area contributed by atoms with Crippen molar-refractivity contribution >= 4 is 5.82 Å². The zero-order chi connectivity index (χ0) is 14.7. The van der Waals surface area contributed by atoms with Crippen LogP contribution in [0.5, 0.6) is 0 Å². The molecule has 0 aliphatic heterocycles. The summed E-state index contributed by atoms with van der Waals surface area (Å²) in [6.07, 6.45) is 1.29. The fourth-order valence-electron chi connectivity index (χ4n) is 1.62. The molecule has 3 nitrogen and oxygen atoms in total. The van der Waals surface area contributed by atoms with Crippen LogP contribution >= 0.6 is 0 Å². The van der Waals surface area contributed by atoms with Crippen molar-refractivity contribution in [2.75, 3.05) is 11.9 Å². The van der Waals surface area contributed by atoms with Crippen LogP contribution in [-0.2, 0) is 0 Å². The smallest absolute Gasteiger partial charge is 0.194 e. The lowest BCUT2D eigenvalue weighted by Gasteiger charge is -2.09. The summed E-state index contributed by atoms with van der Waals surface area (Å²) in [5, 5.41) is 3.08. The molecule has 2 rings (SSSR count). The van der Waals surface area contributed by atoms with Crippen LogP contribution in [0, 0.1) is 23.4 Å². The Kier molecular flexibility index (Phi) is 4.22. The van der Waals surface area contributed by atoms with Gasteiger partial charge in [-0.15, -0.1) is 0 Å². The lowest BCUT2D eigenvalue weighted by atomic mass is 10.1. The van der Waals surface area contributed by atoms with E-state index in [1.54, 1.807) is 6.07 Å². The molecule has 0 amide bonds. The standard InChI is InChI=1S/C14H14F3N3/c1-8(2)6-18-13-5-12(19-7-20-13)9-3-10(15)14(17)11(16)4-9/h3-5,7-8H,6H2,1-2H3,(H,18,19,20). The number of rotatable bonds is 4. The SMILES string of the molecule is CC(C)CNc1cc(-c2cc(F)c(F)c(F)c2)ncn1. The Morgan fingerprint density at radius 1 is 1.05 bits per heavy atom. The van der Waals surface area contributed by atoms with Crippen molar-refractivity contribution in [1.82, 2.24) is 9.97 Å². The van der Waals surface area contributed by atoms with Gasteiger partial charge in [-0.05, 0) is 18.1 Å². The topological polar surface area (TPSA) is 37.8 Å². The molecule has 0 aliphatic carbocycles. The summed E-state index contributed by atoms with van der Waals surface area (Å²) >= 11 is 0. The van der Waals surface area contributed by atoms with Gasteiger partial charge in [0, 0.05) is 18.2 Å². The third-order valence-electron chi connectivity index (χ3n) is 2.64. The third-order valence-corrected chi connectivity index (χ3v) is 2.64. The van der Waals surface area contributed by atoms with E-state index in [0.717, 1.165) is 12.1 Å². The molecule has 0 unspecified atom stereocenters. The van der Waals surface area contributed by atoms with Gasteiger partial charge < -0.3 is 5.32 Å². The van der Waals surface area contributed by atoms with Gasteiger partial charge in [0.1, 0.15) is 12.1 Å². The van der Waals surface area contributed by atoms with E-state index in [9.17, 15) is 13.2 Å². The first-order valence-electron chi connectivity index (χ1n) is 6.18. The number of anilines is 1. The molecule has 6 heteroatoms. The van der Waals surface area contributed by atoms with E-state index in [0.29, 0.717) is 24.0 Å². The van der Waals surface area contributed by atoms with Crippen molar-refractivity contribution in [3.05, 3.63) is 42.0 Å². The molecular formula is C14H14F3N3. The first kappa shape index (κ1) is 14.3. The molecule has 0 saturated heterocycles. The van der Waals surface area contributed by atoms with Gasteiger partial charge in [0.15, 0.2) is 17.5 Å². The van der Waals surface area contributed by atoms with Crippen molar-refractivity contribution in [1.29, 1.82) is 0 Å². The molecule has 0 bridgehead atoms.